The van der Waals surface area contributed by atoms with Gasteiger partial charge in [0, 0.05) is 33.9 Å². The zero-order chi connectivity index (χ0) is 33.3. The first-order chi connectivity index (χ1) is 23.2. The molecule has 7 atom stereocenters. The zero-order valence-electron chi connectivity index (χ0n) is 25.4. The second-order valence-electron chi connectivity index (χ2n) is 12.4. The number of hydrogen-bond acceptors (Lipinski definition) is 10. The summed E-state index contributed by atoms with van der Waals surface area (Å²) in [6.07, 6.45) is 0.723. The third kappa shape index (κ3) is 4.89. The summed E-state index contributed by atoms with van der Waals surface area (Å²) in [4.78, 5) is 68.7. The number of fused-ring (bicyclic) bond motifs is 9. The van der Waals surface area contributed by atoms with Crippen molar-refractivity contribution >= 4 is 57.9 Å². The summed E-state index contributed by atoms with van der Waals surface area (Å²) < 4.78 is 11.1. The number of non-ortho nitro benzene ring substituents is 1. The van der Waals surface area contributed by atoms with Crippen LogP contribution >= 0.6 is 23.1 Å². The van der Waals surface area contributed by atoms with Crippen molar-refractivity contribution in [1.82, 2.24) is 4.98 Å². The molecule has 0 spiro atoms. The molecule has 2 bridgehead atoms. The zero-order valence-corrected chi connectivity index (χ0v) is 27.0. The Labute approximate surface area is 281 Å². The SMILES string of the molecule is COc1ccc(NC(=O)COc2cccc([C@H]3c4sc(=O)[nH]c4SC4C3[C@H]3C[C@@H]4C4C(=O)N(c5ccc([N+](=O)[O-])cc5)C(=O)C43)c2)cc1. The van der Waals surface area contributed by atoms with Gasteiger partial charge in [-0.05, 0) is 78.3 Å². The highest BCUT2D eigenvalue weighted by atomic mass is 32.2. The van der Waals surface area contributed by atoms with E-state index in [1.54, 1.807) is 49.2 Å². The maximum Gasteiger partial charge on any atom is 0.305 e. The number of methoxy groups -OCH3 is 1. The van der Waals surface area contributed by atoms with Gasteiger partial charge in [-0.3, -0.25) is 34.2 Å². The predicted octanol–water partition coefficient (Wildman–Crippen LogP) is 5.05. The van der Waals surface area contributed by atoms with Crippen LogP contribution in [-0.4, -0.2) is 46.6 Å². The molecule has 2 N–H and O–H groups in total. The van der Waals surface area contributed by atoms with Gasteiger partial charge in [-0.25, -0.2) is 0 Å². The molecule has 4 unspecified atom stereocenters. The van der Waals surface area contributed by atoms with Gasteiger partial charge in [-0.15, -0.1) is 11.8 Å². The van der Waals surface area contributed by atoms with E-state index in [-0.39, 0.29) is 63.8 Å². The van der Waals surface area contributed by atoms with Crippen LogP contribution in [0, 0.1) is 39.7 Å². The molecular formula is C34H28N4O8S2. The van der Waals surface area contributed by atoms with Crippen molar-refractivity contribution in [3.8, 4) is 11.5 Å². The second kappa shape index (κ2) is 11.6. The first-order valence-electron chi connectivity index (χ1n) is 15.4. The summed E-state index contributed by atoms with van der Waals surface area (Å²) >= 11 is 2.75. The van der Waals surface area contributed by atoms with E-state index < -0.39 is 16.8 Å². The number of thioether (sulfide) groups is 1. The van der Waals surface area contributed by atoms with Crippen molar-refractivity contribution < 1.29 is 28.8 Å². The van der Waals surface area contributed by atoms with Crippen molar-refractivity contribution in [3.05, 3.63) is 103 Å². The molecule has 244 valence electrons. The van der Waals surface area contributed by atoms with Crippen molar-refractivity contribution in [2.24, 2.45) is 29.6 Å². The Hall–Kier alpha value is -4.95. The quantitative estimate of drug-likeness (QED) is 0.147. The number of amides is 3. The number of aromatic nitrogens is 1. The van der Waals surface area contributed by atoms with E-state index in [2.05, 4.69) is 10.3 Å². The Morgan fingerprint density at radius 3 is 2.44 bits per heavy atom. The number of ether oxygens (including phenoxy) is 2. The lowest BCUT2D eigenvalue weighted by molar-refractivity contribution is -0.384. The van der Waals surface area contributed by atoms with E-state index in [1.807, 2.05) is 18.2 Å². The fourth-order valence-corrected chi connectivity index (χ4v) is 11.1. The monoisotopic (exact) mass is 684 g/mol. The van der Waals surface area contributed by atoms with Crippen molar-refractivity contribution in [2.75, 3.05) is 23.9 Å². The van der Waals surface area contributed by atoms with Crippen LogP contribution in [0.3, 0.4) is 0 Å². The van der Waals surface area contributed by atoms with Crippen LogP contribution < -0.4 is 24.6 Å². The Balaban J connectivity index is 1.06. The fraction of sp³-hybridized carbons (Fsp3) is 0.294. The molecule has 4 aromatic rings. The van der Waals surface area contributed by atoms with Gasteiger partial charge in [0.2, 0.25) is 11.8 Å². The smallest absolute Gasteiger partial charge is 0.305 e. The van der Waals surface area contributed by atoms with Gasteiger partial charge in [0.05, 0.1) is 34.6 Å². The molecule has 3 heterocycles. The molecule has 2 aliphatic heterocycles. The number of nitro groups is 1. The molecule has 3 amide bonds. The number of carbonyl (C=O) groups excluding carboxylic acids is 3. The number of thiazole rings is 1. The molecular weight excluding hydrogens is 657 g/mol. The van der Waals surface area contributed by atoms with Gasteiger partial charge in [0.1, 0.15) is 11.5 Å². The summed E-state index contributed by atoms with van der Waals surface area (Å²) in [5.41, 5.74) is 1.73. The second-order valence-corrected chi connectivity index (χ2v) is 14.6. The van der Waals surface area contributed by atoms with Gasteiger partial charge >= 0.3 is 4.87 Å². The van der Waals surface area contributed by atoms with E-state index in [0.29, 0.717) is 22.9 Å². The number of anilines is 2. The molecule has 0 radical (unpaired) electrons. The lowest BCUT2D eigenvalue weighted by Gasteiger charge is -2.43. The predicted molar refractivity (Wildman–Crippen MR) is 178 cm³/mol. The molecule has 4 aliphatic rings. The number of imide groups is 1. The normalized spacial score (nSPS) is 26.5. The first kappa shape index (κ1) is 30.4. The standard InChI is InChI=1S/C34H28N4O8S2/c1-45-20-11-5-17(6-12-20)35-24(39)15-46-21-4-2-3-16(13-21)25-26-22-14-23(29(26)47-31-30(25)48-34(42)36-31)28-27(22)32(40)37(33(28)41)18-7-9-19(10-8-18)38(43)44/h2-13,22-23,25-29H,14-15H2,1H3,(H,35,39)(H,36,42)/t22-,23-,25-,26?,27?,28?,29?/m1/s1. The number of rotatable bonds is 8. The van der Waals surface area contributed by atoms with Crippen LogP contribution in [0.2, 0.25) is 0 Å². The van der Waals surface area contributed by atoms with E-state index in [9.17, 15) is 29.3 Å². The molecule has 1 saturated heterocycles. The topological polar surface area (TPSA) is 161 Å². The van der Waals surface area contributed by atoms with Crippen LogP contribution in [0.4, 0.5) is 17.1 Å². The molecule has 2 aliphatic carbocycles. The van der Waals surface area contributed by atoms with Crippen LogP contribution in [0.5, 0.6) is 11.5 Å². The highest BCUT2D eigenvalue weighted by Gasteiger charge is 2.69. The van der Waals surface area contributed by atoms with Crippen molar-refractivity contribution in [1.29, 1.82) is 0 Å². The van der Waals surface area contributed by atoms with Crippen LogP contribution in [0.25, 0.3) is 0 Å². The molecule has 14 heteroatoms. The number of nitro benzene ring substituents is 1. The maximum atomic E-state index is 14.0. The van der Waals surface area contributed by atoms with Gasteiger partial charge < -0.3 is 19.8 Å². The summed E-state index contributed by atoms with van der Waals surface area (Å²) in [7, 11) is 1.57. The Morgan fingerprint density at radius 1 is 1.00 bits per heavy atom. The van der Waals surface area contributed by atoms with Crippen molar-refractivity contribution in [2.45, 2.75) is 22.6 Å². The molecule has 48 heavy (non-hydrogen) atoms. The summed E-state index contributed by atoms with van der Waals surface area (Å²) in [5.74, 6) is -1.13. The van der Waals surface area contributed by atoms with E-state index in [4.69, 9.17) is 9.47 Å². The number of nitrogens with one attached hydrogen (secondary N) is 2. The minimum Gasteiger partial charge on any atom is -0.497 e. The van der Waals surface area contributed by atoms with Gasteiger partial charge in [0.15, 0.2) is 6.61 Å². The van der Waals surface area contributed by atoms with E-state index in [1.165, 1.54) is 29.2 Å². The van der Waals surface area contributed by atoms with Gasteiger partial charge in [0.25, 0.3) is 11.6 Å². The fourth-order valence-electron chi connectivity index (χ4n) is 8.19. The lowest BCUT2D eigenvalue weighted by Crippen LogP contribution is -2.42. The number of benzene rings is 3. The third-order valence-electron chi connectivity index (χ3n) is 10.0. The summed E-state index contributed by atoms with van der Waals surface area (Å²) in [6.45, 7) is -0.214. The van der Waals surface area contributed by atoms with Crippen LogP contribution in [0.15, 0.2) is 82.6 Å². The molecule has 3 fully saturated rings. The first-order valence-corrected chi connectivity index (χ1v) is 17.1. The number of H-pyrrole nitrogens is 1. The Morgan fingerprint density at radius 2 is 1.73 bits per heavy atom. The van der Waals surface area contributed by atoms with Gasteiger partial charge in [-0.2, -0.15) is 0 Å². The summed E-state index contributed by atoms with van der Waals surface area (Å²) in [6, 6.07) is 20.0. The largest absolute Gasteiger partial charge is 0.497 e. The van der Waals surface area contributed by atoms with E-state index in [0.717, 1.165) is 33.2 Å². The molecule has 1 aromatic heterocycles. The lowest BCUT2D eigenvalue weighted by atomic mass is 9.68. The molecule has 3 aromatic carbocycles. The number of carbonyl (C=O) groups is 3. The number of hydrogen-bond donors (Lipinski definition) is 2. The van der Waals surface area contributed by atoms with Gasteiger partial charge in [-0.1, -0.05) is 23.5 Å². The van der Waals surface area contributed by atoms with Crippen molar-refractivity contribution in [3.63, 3.8) is 0 Å². The van der Waals surface area contributed by atoms with E-state index >= 15 is 0 Å². The maximum absolute atomic E-state index is 14.0. The molecule has 12 nitrogen and oxygen atoms in total. The average Bonchev–Trinajstić information content (AvgIpc) is 3.83. The summed E-state index contributed by atoms with van der Waals surface area (Å²) in [5, 5.41) is 14.8. The minimum atomic E-state index is -0.519. The average molecular weight is 685 g/mol. The molecule has 8 rings (SSSR count). The number of aromatic amines is 1. The Kier molecular flexibility index (Phi) is 7.36. The highest BCUT2D eigenvalue weighted by molar-refractivity contribution is 8.00. The Bertz CT molecular complexity index is 2030. The number of nitrogens with zero attached hydrogens (tertiary/aromatic N) is 2. The molecule has 2 saturated carbocycles. The van der Waals surface area contributed by atoms with Crippen LogP contribution in [0.1, 0.15) is 22.8 Å². The minimum absolute atomic E-state index is 0.00703. The highest BCUT2D eigenvalue weighted by Crippen LogP contribution is 2.68. The third-order valence-corrected chi connectivity index (χ3v) is 12.6. The van der Waals surface area contributed by atoms with Crippen LogP contribution in [-0.2, 0) is 14.4 Å².